The molecule has 0 unspecified atom stereocenters. The molecule has 82 valence electrons. The Morgan fingerprint density at radius 1 is 1.43 bits per heavy atom. The van der Waals surface area contributed by atoms with Crippen LogP contribution in [0.15, 0.2) is 0 Å². The van der Waals surface area contributed by atoms with Gasteiger partial charge in [0.2, 0.25) is 0 Å². The first-order valence-electron chi connectivity index (χ1n) is 4.84. The molecule has 0 spiro atoms. The maximum absolute atomic E-state index is 10.4. The van der Waals surface area contributed by atoms with E-state index in [1.807, 2.05) is 19.0 Å². The molecule has 3 N–H and O–H groups in total. The molecule has 0 radical (unpaired) electrons. The number of amides is 1. The lowest BCUT2D eigenvalue weighted by Crippen LogP contribution is -2.49. The number of rotatable bonds is 2. The van der Waals surface area contributed by atoms with Crippen LogP contribution < -0.4 is 5.32 Å². The van der Waals surface area contributed by atoms with Crippen LogP contribution in [0.1, 0.15) is 19.3 Å². The maximum atomic E-state index is 10.4. The third-order valence-electron chi connectivity index (χ3n) is 2.77. The number of carboxylic acid groups (broad SMARTS) is 1. The number of hydrogen-bond donors (Lipinski definition) is 3. The number of nitrogens with zero attached hydrogens (tertiary/aromatic N) is 1. The third kappa shape index (κ3) is 2.85. The van der Waals surface area contributed by atoms with E-state index in [4.69, 9.17) is 5.11 Å². The zero-order valence-corrected chi connectivity index (χ0v) is 8.60. The first kappa shape index (κ1) is 11.3. The molecule has 1 rings (SSSR count). The highest BCUT2D eigenvalue weighted by molar-refractivity contribution is 5.64. The van der Waals surface area contributed by atoms with E-state index in [9.17, 15) is 9.90 Å². The Labute approximate surface area is 83.7 Å². The highest BCUT2D eigenvalue weighted by atomic mass is 16.4. The molecule has 3 atom stereocenters. The van der Waals surface area contributed by atoms with Crippen molar-refractivity contribution in [2.75, 3.05) is 14.1 Å². The van der Waals surface area contributed by atoms with E-state index in [1.165, 1.54) is 0 Å². The van der Waals surface area contributed by atoms with Gasteiger partial charge in [-0.3, -0.25) is 0 Å². The van der Waals surface area contributed by atoms with Crippen LogP contribution in [0.2, 0.25) is 0 Å². The normalized spacial score (nSPS) is 33.0. The molecule has 5 heteroatoms. The summed E-state index contributed by atoms with van der Waals surface area (Å²) in [7, 11) is 3.80. The second kappa shape index (κ2) is 4.61. The predicted octanol–water partition coefficient (Wildman–Crippen LogP) is 0.0976. The molecule has 0 aromatic heterocycles. The molecular weight excluding hydrogens is 184 g/mol. The Hall–Kier alpha value is -0.810. The van der Waals surface area contributed by atoms with Crippen molar-refractivity contribution in [1.29, 1.82) is 0 Å². The van der Waals surface area contributed by atoms with Crippen molar-refractivity contribution >= 4 is 6.09 Å². The summed E-state index contributed by atoms with van der Waals surface area (Å²) in [5.41, 5.74) is 0. The van der Waals surface area contributed by atoms with Crippen molar-refractivity contribution in [2.45, 2.75) is 37.5 Å². The summed E-state index contributed by atoms with van der Waals surface area (Å²) in [5, 5.41) is 20.7. The molecule has 0 aliphatic heterocycles. The lowest BCUT2D eigenvalue weighted by atomic mass is 9.88. The second-order valence-electron chi connectivity index (χ2n) is 4.06. The molecule has 1 amide bonds. The topological polar surface area (TPSA) is 72.8 Å². The maximum Gasteiger partial charge on any atom is 0.404 e. The summed E-state index contributed by atoms with van der Waals surface area (Å²) in [6.07, 6.45) is 0.743. The summed E-state index contributed by atoms with van der Waals surface area (Å²) >= 11 is 0. The fourth-order valence-electron chi connectivity index (χ4n) is 1.99. The molecule has 0 bridgehead atoms. The van der Waals surface area contributed by atoms with Gasteiger partial charge in [-0.2, -0.15) is 0 Å². The summed E-state index contributed by atoms with van der Waals surface area (Å²) in [6.45, 7) is 0. The average Bonchev–Trinajstić information content (AvgIpc) is 2.07. The van der Waals surface area contributed by atoms with Crippen molar-refractivity contribution < 1.29 is 15.0 Å². The minimum atomic E-state index is -0.983. The minimum Gasteiger partial charge on any atom is -0.465 e. The van der Waals surface area contributed by atoms with Crippen LogP contribution in [-0.2, 0) is 0 Å². The number of likely N-dealkylation sites (N-methyl/N-ethyl adjacent to an activating group) is 1. The van der Waals surface area contributed by atoms with Crippen molar-refractivity contribution in [1.82, 2.24) is 10.2 Å². The zero-order valence-electron chi connectivity index (χ0n) is 8.60. The molecule has 0 saturated heterocycles. The van der Waals surface area contributed by atoms with Gasteiger partial charge in [-0.05, 0) is 33.4 Å². The predicted molar refractivity (Wildman–Crippen MR) is 52.3 cm³/mol. The van der Waals surface area contributed by atoms with E-state index in [0.29, 0.717) is 12.8 Å². The largest absolute Gasteiger partial charge is 0.465 e. The van der Waals surface area contributed by atoms with Gasteiger partial charge < -0.3 is 20.4 Å². The molecule has 5 nitrogen and oxygen atoms in total. The van der Waals surface area contributed by atoms with Crippen LogP contribution in [0.25, 0.3) is 0 Å². The molecule has 1 saturated carbocycles. The molecule has 1 aliphatic carbocycles. The third-order valence-corrected chi connectivity index (χ3v) is 2.77. The summed E-state index contributed by atoms with van der Waals surface area (Å²) in [5.74, 6) is 0. The number of carbonyl (C=O) groups is 1. The van der Waals surface area contributed by atoms with Crippen molar-refractivity contribution in [3.8, 4) is 0 Å². The van der Waals surface area contributed by atoms with Crippen LogP contribution >= 0.6 is 0 Å². The van der Waals surface area contributed by atoms with Crippen molar-refractivity contribution in [3.05, 3.63) is 0 Å². The van der Waals surface area contributed by atoms with Crippen LogP contribution in [0.3, 0.4) is 0 Å². The van der Waals surface area contributed by atoms with E-state index < -0.39 is 6.09 Å². The Morgan fingerprint density at radius 2 is 2.07 bits per heavy atom. The SMILES string of the molecule is CN(C)[C@H]1C[C@@H](NC(=O)O)CC[C@@H]1O. The molecule has 1 aliphatic rings. The Morgan fingerprint density at radius 3 is 2.57 bits per heavy atom. The highest BCUT2D eigenvalue weighted by Crippen LogP contribution is 2.22. The molecule has 0 heterocycles. The average molecular weight is 202 g/mol. The van der Waals surface area contributed by atoms with Crippen molar-refractivity contribution in [3.63, 3.8) is 0 Å². The summed E-state index contributed by atoms with van der Waals surface area (Å²) < 4.78 is 0. The van der Waals surface area contributed by atoms with Gasteiger partial charge in [-0.25, -0.2) is 4.79 Å². The minimum absolute atomic E-state index is 0.0247. The van der Waals surface area contributed by atoms with E-state index in [1.54, 1.807) is 0 Å². The standard InChI is InChI=1S/C9H18N2O3/c1-11(2)7-5-6(10-9(13)14)3-4-8(7)12/h6-8,10,12H,3-5H2,1-2H3,(H,13,14)/t6-,7-,8-/m0/s1. The molecule has 14 heavy (non-hydrogen) atoms. The molecule has 1 fully saturated rings. The first-order valence-corrected chi connectivity index (χ1v) is 4.84. The Kier molecular flexibility index (Phi) is 3.71. The van der Waals surface area contributed by atoms with Crippen molar-refractivity contribution in [2.24, 2.45) is 0 Å². The highest BCUT2D eigenvalue weighted by Gasteiger charge is 2.31. The van der Waals surface area contributed by atoms with Gasteiger partial charge in [0, 0.05) is 12.1 Å². The van der Waals surface area contributed by atoms with E-state index >= 15 is 0 Å². The van der Waals surface area contributed by atoms with Gasteiger partial charge >= 0.3 is 6.09 Å². The van der Waals surface area contributed by atoms with Crippen LogP contribution in [0.4, 0.5) is 4.79 Å². The number of aliphatic hydroxyl groups excluding tert-OH is 1. The van der Waals surface area contributed by atoms with Gasteiger partial charge in [0.25, 0.3) is 0 Å². The van der Waals surface area contributed by atoms with E-state index in [-0.39, 0.29) is 18.2 Å². The smallest absolute Gasteiger partial charge is 0.404 e. The number of aliphatic hydroxyl groups is 1. The van der Waals surface area contributed by atoms with E-state index in [2.05, 4.69) is 5.32 Å². The Bertz CT molecular complexity index is 208. The summed E-state index contributed by atoms with van der Waals surface area (Å²) in [4.78, 5) is 12.4. The number of nitrogens with one attached hydrogen (secondary N) is 1. The van der Waals surface area contributed by atoms with Gasteiger partial charge in [0.05, 0.1) is 6.10 Å². The van der Waals surface area contributed by atoms with Gasteiger partial charge in [-0.1, -0.05) is 0 Å². The molecular formula is C9H18N2O3. The van der Waals surface area contributed by atoms with Crippen LogP contribution in [0, 0.1) is 0 Å². The quantitative estimate of drug-likeness (QED) is 0.593. The molecule has 0 aromatic rings. The van der Waals surface area contributed by atoms with Crippen LogP contribution in [-0.4, -0.2) is 53.5 Å². The molecule has 0 aromatic carbocycles. The second-order valence-corrected chi connectivity index (χ2v) is 4.06. The zero-order chi connectivity index (χ0) is 10.7. The lowest BCUT2D eigenvalue weighted by Gasteiger charge is -2.36. The number of hydrogen-bond acceptors (Lipinski definition) is 3. The Balaban J connectivity index is 2.48. The van der Waals surface area contributed by atoms with Gasteiger partial charge in [0.1, 0.15) is 0 Å². The lowest BCUT2D eigenvalue weighted by molar-refractivity contribution is 0.0325. The summed E-state index contributed by atoms with van der Waals surface area (Å²) in [6, 6.07) is 0.0314. The monoisotopic (exact) mass is 202 g/mol. The van der Waals surface area contributed by atoms with Gasteiger partial charge in [0.15, 0.2) is 0 Å². The van der Waals surface area contributed by atoms with Crippen LogP contribution in [0.5, 0.6) is 0 Å². The fraction of sp³-hybridized carbons (Fsp3) is 0.889. The first-order chi connectivity index (χ1) is 6.50. The fourth-order valence-corrected chi connectivity index (χ4v) is 1.99. The van der Waals surface area contributed by atoms with Gasteiger partial charge in [-0.15, -0.1) is 0 Å². The van der Waals surface area contributed by atoms with E-state index in [0.717, 1.165) is 6.42 Å².